The summed E-state index contributed by atoms with van der Waals surface area (Å²) >= 11 is 1.68. The van der Waals surface area contributed by atoms with Crippen molar-refractivity contribution in [2.75, 3.05) is 36.0 Å². The number of rotatable bonds is 5. The lowest BCUT2D eigenvalue weighted by Gasteiger charge is -2.33. The van der Waals surface area contributed by atoms with E-state index < -0.39 is 0 Å². The molecule has 1 amide bonds. The zero-order valence-corrected chi connectivity index (χ0v) is 16.5. The van der Waals surface area contributed by atoms with Gasteiger partial charge in [-0.2, -0.15) is 0 Å². The van der Waals surface area contributed by atoms with Crippen LogP contribution in [0.4, 0.5) is 11.6 Å². The van der Waals surface area contributed by atoms with E-state index in [-0.39, 0.29) is 11.8 Å². The Balaban J connectivity index is 1.26. The first-order chi connectivity index (χ1) is 13.3. The van der Waals surface area contributed by atoms with Gasteiger partial charge in [-0.15, -0.1) is 11.3 Å². The van der Waals surface area contributed by atoms with Crippen LogP contribution in [0.3, 0.4) is 0 Å². The molecule has 7 heteroatoms. The lowest BCUT2D eigenvalue weighted by atomic mass is 9.95. The molecule has 0 atom stereocenters. The number of anilines is 2. The van der Waals surface area contributed by atoms with Crippen molar-refractivity contribution in [3.05, 3.63) is 34.8 Å². The van der Waals surface area contributed by atoms with Crippen LogP contribution in [0.15, 0.2) is 29.9 Å². The molecule has 0 saturated carbocycles. The number of thiophene rings is 1. The van der Waals surface area contributed by atoms with Crippen LogP contribution in [-0.2, 0) is 11.3 Å². The van der Waals surface area contributed by atoms with Gasteiger partial charge in [0.05, 0.1) is 24.6 Å². The van der Waals surface area contributed by atoms with Crippen LogP contribution in [0.5, 0.6) is 0 Å². The molecule has 4 heterocycles. The molecule has 0 radical (unpaired) electrons. The number of carbonyl (C=O) groups excluding carboxylic acids is 1. The largest absolute Gasteiger partial charge is 0.369 e. The lowest BCUT2D eigenvalue weighted by molar-refractivity contribution is -0.125. The minimum absolute atomic E-state index is 0.106. The molecule has 4 rings (SSSR count). The predicted octanol–water partition coefficient (Wildman–Crippen LogP) is 3.06. The standard InChI is InChI=1S/C20H27N5OS/c26-19(21-15-18-5-4-12-27-18)16-6-10-24(11-7-16)17-13-22-20(23-14-17)25-8-2-1-3-9-25/h4-5,12-14,16H,1-3,6-11,15H2,(H,21,26). The molecule has 2 fully saturated rings. The van der Waals surface area contributed by atoms with Gasteiger partial charge >= 0.3 is 0 Å². The first-order valence-electron chi connectivity index (χ1n) is 9.91. The van der Waals surface area contributed by atoms with Crippen LogP contribution in [0.25, 0.3) is 0 Å². The Kier molecular flexibility index (Phi) is 5.87. The van der Waals surface area contributed by atoms with E-state index >= 15 is 0 Å². The topological polar surface area (TPSA) is 61.4 Å². The van der Waals surface area contributed by atoms with Gasteiger partial charge in [0.1, 0.15) is 0 Å². The number of hydrogen-bond donors (Lipinski definition) is 1. The molecule has 0 aliphatic carbocycles. The van der Waals surface area contributed by atoms with E-state index in [4.69, 9.17) is 0 Å². The quantitative estimate of drug-likeness (QED) is 0.857. The second kappa shape index (κ2) is 8.69. The molecular formula is C20H27N5OS. The zero-order valence-electron chi connectivity index (χ0n) is 15.6. The van der Waals surface area contributed by atoms with Crippen molar-refractivity contribution in [1.82, 2.24) is 15.3 Å². The average Bonchev–Trinajstić information content (AvgIpc) is 3.27. The summed E-state index contributed by atoms with van der Waals surface area (Å²) in [7, 11) is 0. The van der Waals surface area contributed by atoms with E-state index in [1.165, 1.54) is 24.1 Å². The van der Waals surface area contributed by atoms with Crippen molar-refractivity contribution < 1.29 is 4.79 Å². The Labute approximate surface area is 164 Å². The lowest BCUT2D eigenvalue weighted by Crippen LogP contribution is -2.40. The van der Waals surface area contributed by atoms with Gasteiger partial charge in [0.15, 0.2) is 0 Å². The minimum Gasteiger partial charge on any atom is -0.369 e. The number of piperidine rings is 2. The smallest absolute Gasteiger partial charge is 0.225 e. The fourth-order valence-electron chi connectivity index (χ4n) is 3.87. The Morgan fingerprint density at radius 3 is 2.48 bits per heavy atom. The maximum atomic E-state index is 12.4. The number of amides is 1. The second-order valence-electron chi connectivity index (χ2n) is 7.35. The van der Waals surface area contributed by atoms with Gasteiger partial charge in [0, 0.05) is 37.0 Å². The van der Waals surface area contributed by atoms with Crippen molar-refractivity contribution in [3.8, 4) is 0 Å². The molecule has 144 valence electrons. The number of aromatic nitrogens is 2. The van der Waals surface area contributed by atoms with Gasteiger partial charge in [0.25, 0.3) is 0 Å². The SMILES string of the molecule is O=C(NCc1cccs1)C1CCN(c2cnc(N3CCCCC3)nc2)CC1. The van der Waals surface area contributed by atoms with Crippen LogP contribution >= 0.6 is 11.3 Å². The number of nitrogens with one attached hydrogen (secondary N) is 1. The highest BCUT2D eigenvalue weighted by Crippen LogP contribution is 2.24. The van der Waals surface area contributed by atoms with Gasteiger partial charge in [-0.3, -0.25) is 4.79 Å². The third-order valence-electron chi connectivity index (χ3n) is 5.51. The Morgan fingerprint density at radius 1 is 1.07 bits per heavy atom. The maximum absolute atomic E-state index is 12.4. The van der Waals surface area contributed by atoms with Crippen molar-refractivity contribution in [1.29, 1.82) is 0 Å². The summed E-state index contributed by atoms with van der Waals surface area (Å²) in [5, 5.41) is 5.12. The molecule has 0 aromatic carbocycles. The summed E-state index contributed by atoms with van der Waals surface area (Å²) in [6.45, 7) is 4.52. The monoisotopic (exact) mass is 385 g/mol. The Morgan fingerprint density at radius 2 is 1.81 bits per heavy atom. The first-order valence-corrected chi connectivity index (χ1v) is 10.8. The van der Waals surface area contributed by atoms with Gasteiger partial charge in [0.2, 0.25) is 11.9 Å². The van der Waals surface area contributed by atoms with Gasteiger partial charge < -0.3 is 15.1 Å². The molecule has 27 heavy (non-hydrogen) atoms. The summed E-state index contributed by atoms with van der Waals surface area (Å²) in [6.07, 6.45) is 9.40. The highest BCUT2D eigenvalue weighted by atomic mass is 32.1. The van der Waals surface area contributed by atoms with Crippen molar-refractivity contribution in [2.45, 2.75) is 38.6 Å². The summed E-state index contributed by atoms with van der Waals surface area (Å²) < 4.78 is 0. The van der Waals surface area contributed by atoms with E-state index in [1.54, 1.807) is 11.3 Å². The third kappa shape index (κ3) is 4.58. The molecule has 2 aromatic rings. The second-order valence-corrected chi connectivity index (χ2v) is 8.38. The number of hydrogen-bond acceptors (Lipinski definition) is 6. The van der Waals surface area contributed by atoms with Crippen LogP contribution in [0.2, 0.25) is 0 Å². The third-order valence-corrected chi connectivity index (χ3v) is 6.39. The molecule has 0 unspecified atom stereocenters. The Hall–Kier alpha value is -2.15. The zero-order chi connectivity index (χ0) is 18.5. The van der Waals surface area contributed by atoms with Crippen LogP contribution < -0.4 is 15.1 Å². The summed E-state index contributed by atoms with van der Waals surface area (Å²) in [5.41, 5.74) is 1.06. The molecule has 2 aromatic heterocycles. The van der Waals surface area contributed by atoms with E-state index in [2.05, 4.69) is 31.2 Å². The molecule has 1 N–H and O–H groups in total. The van der Waals surface area contributed by atoms with Crippen molar-refractivity contribution in [3.63, 3.8) is 0 Å². The fourth-order valence-corrected chi connectivity index (χ4v) is 4.51. The molecule has 6 nitrogen and oxygen atoms in total. The van der Waals surface area contributed by atoms with Crippen LogP contribution in [0, 0.1) is 5.92 Å². The number of nitrogens with zero attached hydrogens (tertiary/aromatic N) is 4. The van der Waals surface area contributed by atoms with E-state index in [0.717, 1.165) is 50.7 Å². The average molecular weight is 386 g/mol. The summed E-state index contributed by atoms with van der Waals surface area (Å²) in [5.74, 6) is 1.13. The Bertz CT molecular complexity index is 719. The van der Waals surface area contributed by atoms with E-state index in [0.29, 0.717) is 6.54 Å². The van der Waals surface area contributed by atoms with Gasteiger partial charge in [-0.25, -0.2) is 9.97 Å². The molecule has 2 aliphatic rings. The highest BCUT2D eigenvalue weighted by molar-refractivity contribution is 7.09. The van der Waals surface area contributed by atoms with Gasteiger partial charge in [-0.05, 0) is 43.6 Å². The fraction of sp³-hybridized carbons (Fsp3) is 0.550. The van der Waals surface area contributed by atoms with E-state index in [9.17, 15) is 4.79 Å². The van der Waals surface area contributed by atoms with E-state index in [1.807, 2.05) is 23.8 Å². The highest BCUT2D eigenvalue weighted by Gasteiger charge is 2.25. The minimum atomic E-state index is 0.106. The normalized spacial score (nSPS) is 18.5. The molecule has 0 bridgehead atoms. The molecule has 2 aliphatic heterocycles. The maximum Gasteiger partial charge on any atom is 0.225 e. The molecular weight excluding hydrogens is 358 g/mol. The van der Waals surface area contributed by atoms with Crippen molar-refractivity contribution in [2.24, 2.45) is 5.92 Å². The van der Waals surface area contributed by atoms with Crippen LogP contribution in [-0.4, -0.2) is 42.1 Å². The number of carbonyl (C=O) groups is 1. The summed E-state index contributed by atoms with van der Waals surface area (Å²) in [6, 6.07) is 4.07. The van der Waals surface area contributed by atoms with Crippen molar-refractivity contribution >= 4 is 28.9 Å². The predicted molar refractivity (Wildman–Crippen MR) is 109 cm³/mol. The van der Waals surface area contributed by atoms with Crippen LogP contribution in [0.1, 0.15) is 37.0 Å². The summed E-state index contributed by atoms with van der Waals surface area (Å²) in [4.78, 5) is 27.3. The first kappa shape index (κ1) is 18.2. The molecule has 2 saturated heterocycles. The molecule has 0 spiro atoms. The van der Waals surface area contributed by atoms with Gasteiger partial charge in [-0.1, -0.05) is 6.07 Å².